The van der Waals surface area contributed by atoms with Gasteiger partial charge in [-0.1, -0.05) is 6.07 Å². The predicted molar refractivity (Wildman–Crippen MR) is 61.2 cm³/mol. The van der Waals surface area contributed by atoms with E-state index in [9.17, 15) is 4.39 Å². The van der Waals surface area contributed by atoms with Crippen molar-refractivity contribution in [3.63, 3.8) is 0 Å². The Morgan fingerprint density at radius 2 is 2.12 bits per heavy atom. The van der Waals surface area contributed by atoms with Gasteiger partial charge >= 0.3 is 0 Å². The topological polar surface area (TPSA) is 61.6 Å². The van der Waals surface area contributed by atoms with Crippen molar-refractivity contribution < 1.29 is 4.39 Å². The third-order valence-corrected chi connectivity index (χ3v) is 2.30. The lowest BCUT2D eigenvalue weighted by atomic mass is 10.2. The standard InChI is InChI=1S/C12H9FN4/c1-8-10(13)3-2-4-11(8)17-12-7-15-9(5-14)6-16-12/h2-4,6-7H,1H3,(H,16,17). The summed E-state index contributed by atoms with van der Waals surface area (Å²) in [6, 6.07) is 6.63. The monoisotopic (exact) mass is 228 g/mol. The van der Waals surface area contributed by atoms with Crippen molar-refractivity contribution in [3.8, 4) is 6.07 Å². The van der Waals surface area contributed by atoms with E-state index in [0.717, 1.165) is 0 Å². The number of anilines is 2. The first kappa shape index (κ1) is 11.0. The molecule has 17 heavy (non-hydrogen) atoms. The number of hydrogen-bond acceptors (Lipinski definition) is 4. The third kappa shape index (κ3) is 2.37. The summed E-state index contributed by atoms with van der Waals surface area (Å²) in [5.41, 5.74) is 1.38. The largest absolute Gasteiger partial charge is 0.339 e. The molecule has 2 aromatic rings. The van der Waals surface area contributed by atoms with E-state index in [4.69, 9.17) is 5.26 Å². The van der Waals surface area contributed by atoms with Gasteiger partial charge in [-0.3, -0.25) is 0 Å². The number of nitrogens with one attached hydrogen (secondary N) is 1. The molecule has 0 spiro atoms. The van der Waals surface area contributed by atoms with Crippen LogP contribution in [0.1, 0.15) is 11.3 Å². The van der Waals surface area contributed by atoms with Gasteiger partial charge in [-0.25, -0.2) is 14.4 Å². The number of benzene rings is 1. The van der Waals surface area contributed by atoms with E-state index in [1.807, 2.05) is 6.07 Å². The summed E-state index contributed by atoms with van der Waals surface area (Å²) in [6.07, 6.45) is 2.79. The van der Waals surface area contributed by atoms with Crippen molar-refractivity contribution in [2.24, 2.45) is 0 Å². The van der Waals surface area contributed by atoms with E-state index in [2.05, 4.69) is 15.3 Å². The van der Waals surface area contributed by atoms with E-state index in [0.29, 0.717) is 17.1 Å². The lowest BCUT2D eigenvalue weighted by molar-refractivity contribution is 0.619. The Balaban J connectivity index is 2.26. The molecule has 0 fully saturated rings. The average molecular weight is 228 g/mol. The maximum absolute atomic E-state index is 13.3. The molecular formula is C12H9FN4. The van der Waals surface area contributed by atoms with Crippen LogP contribution in [0.5, 0.6) is 0 Å². The first-order chi connectivity index (χ1) is 8.20. The first-order valence-corrected chi connectivity index (χ1v) is 4.95. The lowest BCUT2D eigenvalue weighted by Gasteiger charge is -2.08. The quantitative estimate of drug-likeness (QED) is 0.857. The van der Waals surface area contributed by atoms with E-state index < -0.39 is 0 Å². The molecule has 0 atom stereocenters. The van der Waals surface area contributed by atoms with Gasteiger partial charge in [-0.15, -0.1) is 0 Å². The fraction of sp³-hybridized carbons (Fsp3) is 0.0833. The zero-order valence-corrected chi connectivity index (χ0v) is 9.11. The molecule has 0 radical (unpaired) electrons. The Labute approximate surface area is 97.8 Å². The molecular weight excluding hydrogens is 219 g/mol. The molecule has 0 bridgehead atoms. The number of hydrogen-bond donors (Lipinski definition) is 1. The highest BCUT2D eigenvalue weighted by Crippen LogP contribution is 2.20. The smallest absolute Gasteiger partial charge is 0.158 e. The van der Waals surface area contributed by atoms with Crippen LogP contribution in [-0.4, -0.2) is 9.97 Å². The van der Waals surface area contributed by atoms with E-state index >= 15 is 0 Å². The fourth-order valence-corrected chi connectivity index (χ4v) is 1.33. The molecule has 0 unspecified atom stereocenters. The number of halogens is 1. The van der Waals surface area contributed by atoms with Crippen LogP contribution in [0.25, 0.3) is 0 Å². The van der Waals surface area contributed by atoms with Gasteiger partial charge < -0.3 is 5.32 Å². The Hall–Kier alpha value is -2.48. The van der Waals surface area contributed by atoms with Crippen LogP contribution in [0.3, 0.4) is 0 Å². The molecule has 0 saturated carbocycles. The van der Waals surface area contributed by atoms with Crippen molar-refractivity contribution in [1.29, 1.82) is 5.26 Å². The molecule has 1 aromatic carbocycles. The van der Waals surface area contributed by atoms with Crippen molar-refractivity contribution in [1.82, 2.24) is 9.97 Å². The number of rotatable bonds is 2. The van der Waals surface area contributed by atoms with Gasteiger partial charge in [-0.05, 0) is 19.1 Å². The van der Waals surface area contributed by atoms with Crippen LogP contribution in [-0.2, 0) is 0 Å². The number of nitrogens with zero attached hydrogens (tertiary/aromatic N) is 3. The van der Waals surface area contributed by atoms with E-state index in [1.54, 1.807) is 19.1 Å². The summed E-state index contributed by atoms with van der Waals surface area (Å²) in [7, 11) is 0. The van der Waals surface area contributed by atoms with Crippen LogP contribution in [0, 0.1) is 24.1 Å². The fourth-order valence-electron chi connectivity index (χ4n) is 1.33. The minimum Gasteiger partial charge on any atom is -0.339 e. The highest BCUT2D eigenvalue weighted by molar-refractivity contribution is 5.59. The zero-order valence-electron chi connectivity index (χ0n) is 9.11. The number of nitriles is 1. The predicted octanol–water partition coefficient (Wildman–Crippen LogP) is 2.54. The lowest BCUT2D eigenvalue weighted by Crippen LogP contribution is -1.98. The summed E-state index contributed by atoms with van der Waals surface area (Å²) in [6.45, 7) is 1.68. The van der Waals surface area contributed by atoms with Crippen LogP contribution in [0.15, 0.2) is 30.6 Å². The third-order valence-electron chi connectivity index (χ3n) is 2.30. The molecule has 4 nitrogen and oxygen atoms in total. The summed E-state index contributed by atoms with van der Waals surface area (Å²) >= 11 is 0. The van der Waals surface area contributed by atoms with Crippen molar-refractivity contribution in [2.45, 2.75) is 6.92 Å². The maximum Gasteiger partial charge on any atom is 0.158 e. The SMILES string of the molecule is Cc1c(F)cccc1Nc1cnc(C#N)cn1. The Morgan fingerprint density at radius 3 is 2.76 bits per heavy atom. The minimum atomic E-state index is -0.281. The number of aromatic nitrogens is 2. The summed E-state index contributed by atoms with van der Waals surface area (Å²) in [5.74, 6) is 0.189. The summed E-state index contributed by atoms with van der Waals surface area (Å²) in [4.78, 5) is 7.86. The molecule has 5 heteroatoms. The molecule has 0 saturated heterocycles. The van der Waals surface area contributed by atoms with Gasteiger partial charge in [0, 0.05) is 11.3 Å². The van der Waals surface area contributed by atoms with E-state index in [1.165, 1.54) is 18.5 Å². The molecule has 1 aromatic heterocycles. The van der Waals surface area contributed by atoms with Crippen molar-refractivity contribution in [2.75, 3.05) is 5.32 Å². The molecule has 2 rings (SSSR count). The van der Waals surface area contributed by atoms with Crippen LogP contribution in [0.4, 0.5) is 15.9 Å². The molecule has 0 aliphatic heterocycles. The van der Waals surface area contributed by atoms with Crippen molar-refractivity contribution >= 4 is 11.5 Å². The normalized spacial score (nSPS) is 9.71. The summed E-state index contributed by atoms with van der Waals surface area (Å²) in [5, 5.41) is 11.5. The second kappa shape index (κ2) is 4.58. The Kier molecular flexibility index (Phi) is 2.97. The van der Waals surface area contributed by atoms with Gasteiger partial charge in [0.05, 0.1) is 12.4 Å². The van der Waals surface area contributed by atoms with E-state index in [-0.39, 0.29) is 11.5 Å². The maximum atomic E-state index is 13.3. The van der Waals surface area contributed by atoms with Crippen LogP contribution >= 0.6 is 0 Å². The molecule has 0 aliphatic rings. The highest BCUT2D eigenvalue weighted by Gasteiger charge is 2.04. The average Bonchev–Trinajstić information content (AvgIpc) is 2.36. The summed E-state index contributed by atoms with van der Waals surface area (Å²) < 4.78 is 13.3. The van der Waals surface area contributed by atoms with Crippen molar-refractivity contribution in [3.05, 3.63) is 47.7 Å². The minimum absolute atomic E-state index is 0.242. The Bertz CT molecular complexity index is 572. The molecule has 0 amide bonds. The molecule has 0 aliphatic carbocycles. The molecule has 1 heterocycles. The molecule has 84 valence electrons. The second-order valence-electron chi connectivity index (χ2n) is 3.44. The van der Waals surface area contributed by atoms with Crippen LogP contribution < -0.4 is 5.32 Å². The van der Waals surface area contributed by atoms with Gasteiger partial charge in [0.1, 0.15) is 17.7 Å². The highest BCUT2D eigenvalue weighted by atomic mass is 19.1. The van der Waals surface area contributed by atoms with Gasteiger partial charge in [0.15, 0.2) is 5.69 Å². The van der Waals surface area contributed by atoms with Crippen LogP contribution in [0.2, 0.25) is 0 Å². The first-order valence-electron chi connectivity index (χ1n) is 4.95. The zero-order chi connectivity index (χ0) is 12.3. The second-order valence-corrected chi connectivity index (χ2v) is 3.44. The van der Waals surface area contributed by atoms with Gasteiger partial charge in [-0.2, -0.15) is 5.26 Å². The van der Waals surface area contributed by atoms with Gasteiger partial charge in [0.25, 0.3) is 0 Å². The van der Waals surface area contributed by atoms with Gasteiger partial charge in [0.2, 0.25) is 0 Å². The molecule has 1 N–H and O–H groups in total. The Morgan fingerprint density at radius 1 is 1.29 bits per heavy atom.